The van der Waals surface area contributed by atoms with E-state index in [4.69, 9.17) is 16.3 Å². The van der Waals surface area contributed by atoms with Gasteiger partial charge in [0.2, 0.25) is 5.91 Å². The summed E-state index contributed by atoms with van der Waals surface area (Å²) in [5.41, 5.74) is 2.05. The first-order valence-corrected chi connectivity index (χ1v) is 7.67. The van der Waals surface area contributed by atoms with Crippen LogP contribution in [0.15, 0.2) is 48.5 Å². The van der Waals surface area contributed by atoms with E-state index in [0.717, 1.165) is 16.9 Å². The first kappa shape index (κ1) is 16.4. The van der Waals surface area contributed by atoms with E-state index in [1.165, 1.54) is 0 Å². The number of carbonyl (C=O) groups is 1. The number of hydrogen-bond acceptors (Lipinski definition) is 2. The van der Waals surface area contributed by atoms with E-state index in [0.29, 0.717) is 18.1 Å². The molecule has 0 saturated heterocycles. The molecule has 0 saturated carbocycles. The molecular formula is C18H20ClNO2. The normalized spacial score (nSPS) is 11.8. The third kappa shape index (κ3) is 4.78. The Morgan fingerprint density at radius 1 is 1.23 bits per heavy atom. The van der Waals surface area contributed by atoms with Gasteiger partial charge < -0.3 is 10.1 Å². The molecule has 0 radical (unpaired) electrons. The molecule has 1 N–H and O–H groups in total. The number of rotatable bonds is 6. The molecule has 2 rings (SSSR count). The van der Waals surface area contributed by atoms with Crippen molar-refractivity contribution in [2.24, 2.45) is 0 Å². The molecule has 0 aromatic heterocycles. The number of benzene rings is 2. The summed E-state index contributed by atoms with van der Waals surface area (Å²) >= 11 is 6.13. The minimum atomic E-state index is -0.125. The van der Waals surface area contributed by atoms with Gasteiger partial charge >= 0.3 is 0 Å². The average Bonchev–Trinajstić information content (AvgIpc) is 2.47. The molecule has 4 heteroatoms. The van der Waals surface area contributed by atoms with Gasteiger partial charge in [-0.25, -0.2) is 0 Å². The molecule has 2 aromatic carbocycles. The maximum Gasteiger partial charge on any atom is 0.223 e. The van der Waals surface area contributed by atoms with Crippen molar-refractivity contribution in [2.45, 2.75) is 26.3 Å². The molecule has 0 heterocycles. The Morgan fingerprint density at radius 2 is 2.00 bits per heavy atom. The summed E-state index contributed by atoms with van der Waals surface area (Å²) in [6.45, 7) is 4.27. The fourth-order valence-corrected chi connectivity index (χ4v) is 2.48. The van der Waals surface area contributed by atoms with E-state index in [9.17, 15) is 4.79 Å². The van der Waals surface area contributed by atoms with Crippen LogP contribution in [-0.2, 0) is 4.79 Å². The van der Waals surface area contributed by atoms with Gasteiger partial charge in [0.1, 0.15) is 5.75 Å². The number of hydrogen-bond donors (Lipinski definition) is 1. The van der Waals surface area contributed by atoms with E-state index in [2.05, 4.69) is 5.32 Å². The van der Waals surface area contributed by atoms with Crippen LogP contribution in [0.3, 0.4) is 0 Å². The number of carbonyl (C=O) groups excluding carboxylic acids is 1. The molecular weight excluding hydrogens is 298 g/mol. The van der Waals surface area contributed by atoms with Crippen molar-refractivity contribution < 1.29 is 9.53 Å². The van der Waals surface area contributed by atoms with Crippen LogP contribution in [0.25, 0.3) is 0 Å². The van der Waals surface area contributed by atoms with Crippen LogP contribution >= 0.6 is 11.6 Å². The maximum atomic E-state index is 12.0. The van der Waals surface area contributed by atoms with Crippen molar-refractivity contribution in [2.75, 3.05) is 6.61 Å². The minimum Gasteiger partial charge on any atom is -0.493 e. The Bertz CT molecular complexity index is 642. The molecule has 1 unspecified atom stereocenters. The Labute approximate surface area is 136 Å². The zero-order valence-electron chi connectivity index (χ0n) is 12.8. The van der Waals surface area contributed by atoms with Crippen molar-refractivity contribution in [1.82, 2.24) is 5.32 Å². The Morgan fingerprint density at radius 3 is 2.73 bits per heavy atom. The number of ether oxygens (including phenoxy) is 1. The summed E-state index contributed by atoms with van der Waals surface area (Å²) in [5.74, 6) is 0.729. The van der Waals surface area contributed by atoms with Gasteiger partial charge in [-0.05, 0) is 43.2 Å². The van der Waals surface area contributed by atoms with Crippen LogP contribution in [0.5, 0.6) is 5.75 Å². The van der Waals surface area contributed by atoms with Gasteiger partial charge in [0.25, 0.3) is 0 Å². The summed E-state index contributed by atoms with van der Waals surface area (Å²) in [7, 11) is 0. The second-order valence-electron chi connectivity index (χ2n) is 5.23. The fourth-order valence-electron chi connectivity index (χ4n) is 2.18. The van der Waals surface area contributed by atoms with E-state index in [-0.39, 0.29) is 11.9 Å². The third-order valence-corrected chi connectivity index (χ3v) is 3.68. The summed E-state index contributed by atoms with van der Waals surface area (Å²) in [4.78, 5) is 12.0. The molecule has 0 aliphatic rings. The summed E-state index contributed by atoms with van der Waals surface area (Å²) in [6, 6.07) is 15.2. The first-order chi connectivity index (χ1) is 10.6. The lowest BCUT2D eigenvalue weighted by atomic mass is 10.1. The van der Waals surface area contributed by atoms with Gasteiger partial charge in [-0.2, -0.15) is 0 Å². The fraction of sp³-hybridized carbons (Fsp3) is 0.278. The molecule has 0 aliphatic heterocycles. The first-order valence-electron chi connectivity index (χ1n) is 7.29. The molecule has 3 nitrogen and oxygen atoms in total. The van der Waals surface area contributed by atoms with Crippen molar-refractivity contribution >= 4 is 17.5 Å². The lowest BCUT2D eigenvalue weighted by Crippen LogP contribution is -2.28. The van der Waals surface area contributed by atoms with Gasteiger partial charge in [0.05, 0.1) is 19.1 Å². The quantitative estimate of drug-likeness (QED) is 0.863. The average molecular weight is 318 g/mol. The van der Waals surface area contributed by atoms with Gasteiger partial charge in [-0.1, -0.05) is 41.9 Å². The molecule has 2 aromatic rings. The highest BCUT2D eigenvalue weighted by Gasteiger charge is 2.12. The zero-order valence-corrected chi connectivity index (χ0v) is 13.6. The van der Waals surface area contributed by atoms with Crippen LogP contribution in [-0.4, -0.2) is 12.5 Å². The van der Waals surface area contributed by atoms with Gasteiger partial charge in [-0.15, -0.1) is 0 Å². The highest BCUT2D eigenvalue weighted by atomic mass is 35.5. The van der Waals surface area contributed by atoms with E-state index < -0.39 is 0 Å². The lowest BCUT2D eigenvalue weighted by Gasteiger charge is -2.16. The van der Waals surface area contributed by atoms with Crippen molar-refractivity contribution in [1.29, 1.82) is 0 Å². The second kappa shape index (κ2) is 7.85. The number of halogens is 1. The molecule has 0 fully saturated rings. The van der Waals surface area contributed by atoms with Gasteiger partial charge in [0, 0.05) is 5.02 Å². The maximum absolute atomic E-state index is 12.0. The standard InChI is InChI=1S/C18H20ClNO2/c1-13-6-5-7-15(12-13)22-11-10-18(21)20-14(2)16-8-3-4-9-17(16)19/h3-9,12,14H,10-11H2,1-2H3,(H,20,21). The van der Waals surface area contributed by atoms with Crippen molar-refractivity contribution in [3.8, 4) is 5.75 Å². The molecule has 116 valence electrons. The largest absolute Gasteiger partial charge is 0.493 e. The molecule has 22 heavy (non-hydrogen) atoms. The summed E-state index contributed by atoms with van der Waals surface area (Å²) in [5, 5.41) is 3.59. The highest BCUT2D eigenvalue weighted by Crippen LogP contribution is 2.22. The predicted molar refractivity (Wildman–Crippen MR) is 89.3 cm³/mol. The Hall–Kier alpha value is -2.00. The topological polar surface area (TPSA) is 38.3 Å². The van der Waals surface area contributed by atoms with E-state index in [1.54, 1.807) is 0 Å². The smallest absolute Gasteiger partial charge is 0.223 e. The monoisotopic (exact) mass is 317 g/mol. The number of nitrogens with one attached hydrogen (secondary N) is 1. The molecule has 1 amide bonds. The SMILES string of the molecule is Cc1cccc(OCCC(=O)NC(C)c2ccccc2Cl)c1. The Kier molecular flexibility index (Phi) is 5.84. The third-order valence-electron chi connectivity index (χ3n) is 3.34. The molecule has 0 spiro atoms. The van der Waals surface area contributed by atoms with E-state index >= 15 is 0 Å². The predicted octanol–water partition coefficient (Wildman–Crippen LogP) is 4.29. The number of aryl methyl sites for hydroxylation is 1. The van der Waals surface area contributed by atoms with Crippen molar-refractivity contribution in [3.63, 3.8) is 0 Å². The molecule has 1 atom stereocenters. The van der Waals surface area contributed by atoms with Crippen LogP contribution in [0.2, 0.25) is 5.02 Å². The van der Waals surface area contributed by atoms with Crippen LogP contribution in [0, 0.1) is 6.92 Å². The number of amides is 1. The summed E-state index contributed by atoms with van der Waals surface area (Å²) in [6.07, 6.45) is 0.308. The zero-order chi connectivity index (χ0) is 15.9. The van der Waals surface area contributed by atoms with Gasteiger partial charge in [-0.3, -0.25) is 4.79 Å². The molecule has 0 aliphatic carbocycles. The van der Waals surface area contributed by atoms with Crippen LogP contribution in [0.4, 0.5) is 0 Å². The lowest BCUT2D eigenvalue weighted by molar-refractivity contribution is -0.122. The molecule has 0 bridgehead atoms. The van der Waals surface area contributed by atoms with Crippen molar-refractivity contribution in [3.05, 3.63) is 64.7 Å². The summed E-state index contributed by atoms with van der Waals surface area (Å²) < 4.78 is 5.58. The second-order valence-corrected chi connectivity index (χ2v) is 5.63. The Balaban J connectivity index is 1.79. The minimum absolute atomic E-state index is 0.0555. The van der Waals surface area contributed by atoms with Crippen LogP contribution in [0.1, 0.15) is 30.5 Å². The van der Waals surface area contributed by atoms with E-state index in [1.807, 2.05) is 62.4 Å². The van der Waals surface area contributed by atoms with Gasteiger partial charge in [0.15, 0.2) is 0 Å². The highest BCUT2D eigenvalue weighted by molar-refractivity contribution is 6.31. The van der Waals surface area contributed by atoms with Crippen LogP contribution < -0.4 is 10.1 Å².